The first-order valence-electron chi connectivity index (χ1n) is 19.7. The molecule has 0 saturated carbocycles. The van der Waals surface area contributed by atoms with Gasteiger partial charge in [0.1, 0.15) is 0 Å². The van der Waals surface area contributed by atoms with E-state index in [4.69, 9.17) is 9.05 Å². The molecule has 292 valence electrons. The van der Waals surface area contributed by atoms with Gasteiger partial charge in [0.2, 0.25) is 11.6 Å². The molecule has 0 spiro atoms. The van der Waals surface area contributed by atoms with Crippen LogP contribution in [0.15, 0.2) is 226 Å². The normalized spacial score (nSPS) is 11.0. The summed E-state index contributed by atoms with van der Waals surface area (Å²) in [6, 6.07) is 72.0. The van der Waals surface area contributed by atoms with Crippen LogP contribution in [0, 0.1) is 0 Å². The summed E-state index contributed by atoms with van der Waals surface area (Å²) in [6.07, 6.45) is 0. The molecule has 3 aromatic heterocycles. The molecule has 0 saturated heterocycles. The van der Waals surface area contributed by atoms with E-state index in [9.17, 15) is 0 Å². The first-order chi connectivity index (χ1) is 30.2. The third-order valence-corrected chi connectivity index (χ3v) is 10.9. The predicted octanol–water partition coefficient (Wildman–Crippen LogP) is 14.1. The highest BCUT2D eigenvalue weighted by Crippen LogP contribution is 2.38. The maximum Gasteiger partial charge on any atom is 0.258 e. The second-order valence-corrected chi connectivity index (χ2v) is 15.1. The van der Waals surface area contributed by atoms with E-state index in [-0.39, 0.29) is 0 Å². The molecule has 0 fully saturated rings. The molecule has 9 heteroatoms. The molecule has 0 bridgehead atoms. The number of hydrogen-bond acceptors (Lipinski definition) is 7. The van der Waals surface area contributed by atoms with Crippen molar-refractivity contribution in [1.29, 1.82) is 0 Å². The van der Waals surface area contributed by atoms with Gasteiger partial charge in [-0.1, -0.05) is 142 Å². The molecule has 0 aliphatic carbocycles. The molecule has 3 heterocycles. The van der Waals surface area contributed by atoms with Gasteiger partial charge in [0.05, 0.1) is 11.0 Å². The largest absolute Gasteiger partial charge is 0.334 e. The van der Waals surface area contributed by atoms with Crippen LogP contribution >= 0.6 is 15.9 Å². The summed E-state index contributed by atoms with van der Waals surface area (Å²) < 4.78 is 14.2. The van der Waals surface area contributed by atoms with Crippen molar-refractivity contribution >= 4 is 54.8 Å². The maximum atomic E-state index is 5.61. The van der Waals surface area contributed by atoms with E-state index in [1.54, 1.807) is 0 Å². The monoisotopic (exact) mass is 854 g/mol. The number of benzene rings is 8. The van der Waals surface area contributed by atoms with Crippen molar-refractivity contribution in [3.05, 3.63) is 217 Å². The summed E-state index contributed by atoms with van der Waals surface area (Å²) in [6.45, 7) is 0. The summed E-state index contributed by atoms with van der Waals surface area (Å²) in [4.78, 5) is 11.3. The number of fused-ring (bicyclic) bond motifs is 3. The third kappa shape index (κ3) is 7.73. The van der Waals surface area contributed by atoms with Gasteiger partial charge in [-0.2, -0.15) is 9.97 Å². The average molecular weight is 856 g/mol. The Morgan fingerprint density at radius 1 is 0.377 bits per heavy atom. The van der Waals surface area contributed by atoms with Crippen molar-refractivity contribution < 1.29 is 9.05 Å². The fourth-order valence-electron chi connectivity index (χ4n) is 7.41. The van der Waals surface area contributed by atoms with Gasteiger partial charge in [-0.25, -0.2) is 0 Å². The van der Waals surface area contributed by atoms with Crippen LogP contribution in [-0.2, 0) is 0 Å². The van der Waals surface area contributed by atoms with Crippen LogP contribution in [-0.4, -0.2) is 24.8 Å². The molecule has 0 aliphatic rings. The number of rotatable bonds is 8. The van der Waals surface area contributed by atoms with Gasteiger partial charge >= 0.3 is 0 Å². The Morgan fingerprint density at radius 2 is 0.770 bits per heavy atom. The molecule has 61 heavy (non-hydrogen) atoms. The summed E-state index contributed by atoms with van der Waals surface area (Å²) in [7, 11) is 0. The minimum Gasteiger partial charge on any atom is -0.334 e. The highest BCUT2D eigenvalue weighted by atomic mass is 79.9. The number of anilines is 3. The van der Waals surface area contributed by atoms with Crippen LogP contribution in [0.4, 0.5) is 17.1 Å². The third-order valence-electron chi connectivity index (χ3n) is 10.3. The number of hydrogen-bond donors (Lipinski definition) is 0. The topological polar surface area (TPSA) is 86.0 Å². The molecule has 11 rings (SSSR count). The number of halogens is 1. The van der Waals surface area contributed by atoms with Crippen molar-refractivity contribution in [2.45, 2.75) is 0 Å². The van der Waals surface area contributed by atoms with Crippen molar-refractivity contribution in [3.8, 4) is 51.4 Å². The van der Waals surface area contributed by atoms with E-state index in [0.29, 0.717) is 23.4 Å². The van der Waals surface area contributed by atoms with Gasteiger partial charge in [-0.15, -0.1) is 0 Å². The second-order valence-electron chi connectivity index (χ2n) is 14.2. The van der Waals surface area contributed by atoms with Crippen LogP contribution in [0.2, 0.25) is 0 Å². The van der Waals surface area contributed by atoms with Crippen molar-refractivity contribution in [2.75, 3.05) is 4.90 Å². The first kappa shape index (κ1) is 37.4. The Morgan fingerprint density at radius 3 is 1.26 bits per heavy atom. The Hall–Kier alpha value is -7.88. The lowest BCUT2D eigenvalue weighted by molar-refractivity contribution is 0.432. The van der Waals surface area contributed by atoms with Crippen LogP contribution in [0.3, 0.4) is 0 Å². The lowest BCUT2D eigenvalue weighted by atomic mass is 10.1. The summed E-state index contributed by atoms with van der Waals surface area (Å²) in [5, 5.41) is 10.7. The smallest absolute Gasteiger partial charge is 0.258 e. The molecule has 8 aromatic carbocycles. The number of para-hydroxylation sites is 3. The minimum atomic E-state index is 0.493. The van der Waals surface area contributed by atoms with Gasteiger partial charge in [-0.05, 0) is 97.1 Å². The quantitative estimate of drug-likeness (QED) is 0.150. The molecule has 0 radical (unpaired) electrons. The van der Waals surface area contributed by atoms with Crippen LogP contribution in [0.5, 0.6) is 0 Å². The minimum absolute atomic E-state index is 0.493. The van der Waals surface area contributed by atoms with E-state index in [0.717, 1.165) is 49.5 Å². The molecule has 11 aromatic rings. The van der Waals surface area contributed by atoms with Crippen LogP contribution in [0.1, 0.15) is 0 Å². The number of nitrogens with zero attached hydrogens (tertiary/aromatic N) is 6. The lowest BCUT2D eigenvalue weighted by Gasteiger charge is -2.26. The summed E-state index contributed by atoms with van der Waals surface area (Å²) in [5.74, 6) is 2.20. The van der Waals surface area contributed by atoms with Gasteiger partial charge in [0.15, 0.2) is 0 Å². The molecule has 0 unspecified atom stereocenters. The Balaban J connectivity index is 0.000000206. The Labute approximate surface area is 360 Å². The average Bonchev–Trinajstić information content (AvgIpc) is 4.11. The lowest BCUT2D eigenvalue weighted by Crippen LogP contribution is -2.10. The molecule has 0 aliphatic heterocycles. The van der Waals surface area contributed by atoms with Crippen molar-refractivity contribution in [2.24, 2.45) is 0 Å². The standard InChI is InChI=1S/C38H26N4O.C14H9BrN2O/c1-3-11-27(12-4-1)37-39-38(43-40-37)28-19-21-30(22-20-28)41(29-13-5-2-6-14-29)31-23-25-32(26-24-31)42-35-17-9-7-15-33(35)34-16-8-10-18-36(34)42;15-12-8-6-11(7-9-12)14-16-13(17-18-14)10-4-2-1-3-5-10/h1-26H;1-9H. The van der Waals surface area contributed by atoms with Gasteiger partial charge in [-0.3, -0.25) is 0 Å². The number of aromatic nitrogens is 5. The maximum absolute atomic E-state index is 5.61. The summed E-state index contributed by atoms with van der Waals surface area (Å²) in [5.41, 5.74) is 10.3. The molecule has 0 N–H and O–H groups in total. The zero-order valence-corrected chi connectivity index (χ0v) is 34.2. The van der Waals surface area contributed by atoms with E-state index < -0.39 is 0 Å². The Bertz CT molecular complexity index is 3130. The molecular formula is C52H35BrN6O2. The van der Waals surface area contributed by atoms with E-state index >= 15 is 0 Å². The Kier molecular flexibility index (Phi) is 10.3. The van der Waals surface area contributed by atoms with Gasteiger partial charge in [0.25, 0.3) is 11.8 Å². The zero-order valence-electron chi connectivity index (χ0n) is 32.6. The highest BCUT2D eigenvalue weighted by molar-refractivity contribution is 9.10. The van der Waals surface area contributed by atoms with E-state index in [1.807, 2.05) is 103 Å². The molecular weight excluding hydrogens is 821 g/mol. The first-order valence-corrected chi connectivity index (χ1v) is 20.5. The predicted molar refractivity (Wildman–Crippen MR) is 247 cm³/mol. The summed E-state index contributed by atoms with van der Waals surface area (Å²) >= 11 is 3.39. The zero-order chi connectivity index (χ0) is 41.0. The van der Waals surface area contributed by atoms with Crippen LogP contribution < -0.4 is 4.90 Å². The van der Waals surface area contributed by atoms with Crippen LogP contribution in [0.25, 0.3) is 73.2 Å². The van der Waals surface area contributed by atoms with Gasteiger partial charge < -0.3 is 18.5 Å². The fraction of sp³-hybridized carbons (Fsp3) is 0. The van der Waals surface area contributed by atoms with E-state index in [2.05, 4.69) is 155 Å². The second kappa shape index (κ2) is 16.8. The van der Waals surface area contributed by atoms with E-state index in [1.165, 1.54) is 21.8 Å². The van der Waals surface area contributed by atoms with Crippen molar-refractivity contribution in [1.82, 2.24) is 24.8 Å². The molecule has 8 nitrogen and oxygen atoms in total. The molecule has 0 amide bonds. The van der Waals surface area contributed by atoms with Gasteiger partial charge in [0, 0.05) is 60.2 Å². The van der Waals surface area contributed by atoms with Crippen molar-refractivity contribution in [3.63, 3.8) is 0 Å². The highest BCUT2D eigenvalue weighted by Gasteiger charge is 2.17. The SMILES string of the molecule is Brc1ccc(-c2nc(-c3ccccc3)no2)cc1.c1ccc(-c2noc(-c3ccc(N(c4ccccc4)c4ccc(-n5c6ccccc6c6ccccc65)cc4)cc3)n2)cc1. The fourth-order valence-corrected chi connectivity index (χ4v) is 7.68. The molecule has 0 atom stereocenters.